The van der Waals surface area contributed by atoms with Crippen molar-refractivity contribution < 1.29 is 9.59 Å². The van der Waals surface area contributed by atoms with Crippen LogP contribution in [0.4, 0.5) is 0 Å². The van der Waals surface area contributed by atoms with Gasteiger partial charge >= 0.3 is 11.8 Å². The molecule has 68 valence electrons. The topological polar surface area (TPSA) is 84.2 Å². The average molecular weight is 171 g/mol. The molecule has 1 aliphatic rings. The van der Waals surface area contributed by atoms with Crippen molar-refractivity contribution in [3.8, 4) is 0 Å². The van der Waals surface area contributed by atoms with E-state index in [2.05, 4.69) is 10.6 Å². The highest BCUT2D eigenvalue weighted by Gasteiger charge is 2.25. The van der Waals surface area contributed by atoms with Crippen molar-refractivity contribution in [2.75, 3.05) is 13.1 Å². The summed E-state index contributed by atoms with van der Waals surface area (Å²) >= 11 is 0. The van der Waals surface area contributed by atoms with E-state index < -0.39 is 11.8 Å². The van der Waals surface area contributed by atoms with E-state index in [0.29, 0.717) is 13.1 Å². The van der Waals surface area contributed by atoms with E-state index in [1.807, 2.05) is 0 Å². The molecule has 0 spiro atoms. The van der Waals surface area contributed by atoms with Gasteiger partial charge in [0.2, 0.25) is 0 Å². The number of nitrogens with two attached hydrogens (primary N) is 1. The highest BCUT2D eigenvalue weighted by molar-refractivity contribution is 6.35. The van der Waals surface area contributed by atoms with Crippen LogP contribution in [-0.4, -0.2) is 30.9 Å². The summed E-state index contributed by atoms with van der Waals surface area (Å²) in [4.78, 5) is 21.8. The van der Waals surface area contributed by atoms with Crippen molar-refractivity contribution in [2.24, 2.45) is 5.73 Å². The summed E-state index contributed by atoms with van der Waals surface area (Å²) in [5, 5.41) is 4.96. The molecule has 12 heavy (non-hydrogen) atoms. The van der Waals surface area contributed by atoms with Gasteiger partial charge in [0.1, 0.15) is 0 Å². The Morgan fingerprint density at radius 2 is 2.00 bits per heavy atom. The molecule has 0 radical (unpaired) electrons. The summed E-state index contributed by atoms with van der Waals surface area (Å²) in [7, 11) is 0. The summed E-state index contributed by atoms with van der Waals surface area (Å²) < 4.78 is 0. The normalized spacial score (nSPS) is 15.4. The Bertz CT molecular complexity index is 189. The van der Waals surface area contributed by atoms with Crippen LogP contribution in [0, 0.1) is 0 Å². The smallest absolute Gasteiger partial charge is 0.309 e. The van der Waals surface area contributed by atoms with Crippen LogP contribution in [0.2, 0.25) is 0 Å². The van der Waals surface area contributed by atoms with Crippen LogP contribution in [0.15, 0.2) is 0 Å². The molecular weight excluding hydrogens is 158 g/mol. The molecule has 4 N–H and O–H groups in total. The second kappa shape index (κ2) is 4.06. The molecule has 2 amide bonds. The van der Waals surface area contributed by atoms with Gasteiger partial charge in [-0.1, -0.05) is 0 Å². The standard InChI is InChI=1S/C7H13N3O2/c8-3-4-9-6(11)7(12)10-5-1-2-5/h5H,1-4,8H2,(H,9,11)(H,10,12). The third-order valence-corrected chi connectivity index (χ3v) is 1.55. The molecule has 0 aromatic heterocycles. The summed E-state index contributed by atoms with van der Waals surface area (Å²) in [5.41, 5.74) is 5.14. The molecule has 1 saturated carbocycles. The minimum absolute atomic E-state index is 0.223. The summed E-state index contributed by atoms with van der Waals surface area (Å²) in [6.45, 7) is 0.694. The number of hydrogen-bond donors (Lipinski definition) is 3. The molecule has 0 bridgehead atoms. The summed E-state index contributed by atoms with van der Waals surface area (Å²) in [6, 6.07) is 0.223. The van der Waals surface area contributed by atoms with Crippen LogP contribution in [-0.2, 0) is 9.59 Å². The number of carbonyl (C=O) groups excluding carboxylic acids is 2. The van der Waals surface area contributed by atoms with Crippen LogP contribution in [0.5, 0.6) is 0 Å². The average Bonchev–Trinajstić information content (AvgIpc) is 2.83. The zero-order chi connectivity index (χ0) is 8.97. The molecule has 0 unspecified atom stereocenters. The second-order valence-corrected chi connectivity index (χ2v) is 2.79. The molecule has 1 aliphatic carbocycles. The first-order valence-electron chi connectivity index (χ1n) is 4.03. The van der Waals surface area contributed by atoms with Gasteiger partial charge in [0.15, 0.2) is 0 Å². The molecule has 1 fully saturated rings. The third kappa shape index (κ3) is 2.87. The van der Waals surface area contributed by atoms with Gasteiger partial charge in [-0.15, -0.1) is 0 Å². The highest BCUT2D eigenvalue weighted by Crippen LogP contribution is 2.18. The zero-order valence-corrected chi connectivity index (χ0v) is 6.80. The Hall–Kier alpha value is -1.10. The van der Waals surface area contributed by atoms with E-state index in [9.17, 15) is 9.59 Å². The summed E-state index contributed by atoms with van der Waals surface area (Å²) in [6.07, 6.45) is 1.96. The Morgan fingerprint density at radius 3 is 2.50 bits per heavy atom. The van der Waals surface area contributed by atoms with Crippen LogP contribution >= 0.6 is 0 Å². The van der Waals surface area contributed by atoms with Gasteiger partial charge < -0.3 is 16.4 Å². The fraction of sp³-hybridized carbons (Fsp3) is 0.714. The van der Waals surface area contributed by atoms with E-state index >= 15 is 0 Å². The molecule has 5 heteroatoms. The molecule has 0 saturated heterocycles. The first kappa shape index (κ1) is 8.99. The molecule has 0 heterocycles. The molecule has 0 aliphatic heterocycles. The lowest BCUT2D eigenvalue weighted by atomic mass is 10.5. The lowest BCUT2D eigenvalue weighted by Gasteiger charge is -2.02. The Labute approximate surface area is 70.7 Å². The lowest BCUT2D eigenvalue weighted by Crippen LogP contribution is -2.42. The van der Waals surface area contributed by atoms with E-state index in [1.54, 1.807) is 0 Å². The quantitative estimate of drug-likeness (QED) is 0.444. The van der Waals surface area contributed by atoms with Crippen LogP contribution < -0.4 is 16.4 Å². The molecule has 0 atom stereocenters. The number of amides is 2. The van der Waals surface area contributed by atoms with Crippen molar-refractivity contribution in [2.45, 2.75) is 18.9 Å². The van der Waals surface area contributed by atoms with Gasteiger partial charge in [0.05, 0.1) is 0 Å². The van der Waals surface area contributed by atoms with E-state index in [1.165, 1.54) is 0 Å². The maximum absolute atomic E-state index is 10.9. The van der Waals surface area contributed by atoms with Crippen molar-refractivity contribution in [3.05, 3.63) is 0 Å². The van der Waals surface area contributed by atoms with Crippen LogP contribution in [0.1, 0.15) is 12.8 Å². The van der Waals surface area contributed by atoms with Crippen LogP contribution in [0.3, 0.4) is 0 Å². The van der Waals surface area contributed by atoms with E-state index in [-0.39, 0.29) is 6.04 Å². The van der Waals surface area contributed by atoms with E-state index in [0.717, 1.165) is 12.8 Å². The van der Waals surface area contributed by atoms with Gasteiger partial charge in [0, 0.05) is 19.1 Å². The monoisotopic (exact) mass is 171 g/mol. The van der Waals surface area contributed by atoms with Crippen molar-refractivity contribution in [3.63, 3.8) is 0 Å². The summed E-state index contributed by atoms with van der Waals surface area (Å²) in [5.74, 6) is -1.14. The first-order chi connectivity index (χ1) is 5.74. The fourth-order valence-corrected chi connectivity index (χ4v) is 0.745. The van der Waals surface area contributed by atoms with Crippen molar-refractivity contribution in [1.82, 2.24) is 10.6 Å². The van der Waals surface area contributed by atoms with Gasteiger partial charge in [-0.2, -0.15) is 0 Å². The Balaban J connectivity index is 2.15. The van der Waals surface area contributed by atoms with Gasteiger partial charge in [0.25, 0.3) is 0 Å². The lowest BCUT2D eigenvalue weighted by molar-refractivity contribution is -0.139. The number of carbonyl (C=O) groups is 2. The van der Waals surface area contributed by atoms with Crippen LogP contribution in [0.25, 0.3) is 0 Å². The predicted molar refractivity (Wildman–Crippen MR) is 43.2 cm³/mol. The molecule has 0 aromatic carbocycles. The van der Waals surface area contributed by atoms with Gasteiger partial charge in [-0.25, -0.2) is 0 Å². The SMILES string of the molecule is NCCNC(=O)C(=O)NC1CC1. The second-order valence-electron chi connectivity index (χ2n) is 2.79. The van der Waals surface area contributed by atoms with Crippen molar-refractivity contribution >= 4 is 11.8 Å². The Morgan fingerprint density at radius 1 is 1.33 bits per heavy atom. The molecule has 5 nitrogen and oxygen atoms in total. The minimum Gasteiger partial charge on any atom is -0.347 e. The van der Waals surface area contributed by atoms with Gasteiger partial charge in [-0.05, 0) is 12.8 Å². The fourth-order valence-electron chi connectivity index (χ4n) is 0.745. The number of hydrogen-bond acceptors (Lipinski definition) is 3. The van der Waals surface area contributed by atoms with Gasteiger partial charge in [-0.3, -0.25) is 9.59 Å². The third-order valence-electron chi connectivity index (χ3n) is 1.55. The van der Waals surface area contributed by atoms with E-state index in [4.69, 9.17) is 5.73 Å². The Kier molecular flexibility index (Phi) is 3.04. The largest absolute Gasteiger partial charge is 0.347 e. The molecule has 0 aromatic rings. The first-order valence-corrected chi connectivity index (χ1v) is 4.03. The number of nitrogens with one attached hydrogen (secondary N) is 2. The highest BCUT2D eigenvalue weighted by atomic mass is 16.2. The molecular formula is C7H13N3O2. The maximum atomic E-state index is 10.9. The van der Waals surface area contributed by atoms with Crippen molar-refractivity contribution in [1.29, 1.82) is 0 Å². The number of rotatable bonds is 3. The minimum atomic E-state index is -0.590. The predicted octanol–water partition coefficient (Wildman–Crippen LogP) is -1.66. The zero-order valence-electron chi connectivity index (χ0n) is 6.80. The molecule has 1 rings (SSSR count). The maximum Gasteiger partial charge on any atom is 0.309 e.